The van der Waals surface area contributed by atoms with E-state index in [0.29, 0.717) is 0 Å². The van der Waals surface area contributed by atoms with Gasteiger partial charge < -0.3 is 5.32 Å². The highest BCUT2D eigenvalue weighted by molar-refractivity contribution is 4.99. The molecule has 0 spiro atoms. The monoisotopic (exact) mass is 235 g/mol. The highest BCUT2D eigenvalue weighted by Crippen LogP contribution is 2.30. The molecular weight excluding hydrogens is 210 g/mol. The summed E-state index contributed by atoms with van der Waals surface area (Å²) in [6.45, 7) is 4.44. The molecule has 1 fully saturated rings. The fraction of sp³-hybridized carbons (Fsp3) is 0.786. The molecule has 3 nitrogen and oxygen atoms in total. The maximum Gasteiger partial charge on any atom is 0.0518 e. The average Bonchev–Trinajstić information content (AvgIpc) is 2.76. The first-order valence-corrected chi connectivity index (χ1v) is 6.97. The van der Waals surface area contributed by atoms with Crippen LogP contribution in [0.3, 0.4) is 0 Å². The zero-order valence-electron chi connectivity index (χ0n) is 11.2. The first kappa shape index (κ1) is 12.6. The summed E-state index contributed by atoms with van der Waals surface area (Å²) in [6.07, 6.45) is 8.94. The molecule has 2 rings (SSSR count). The van der Waals surface area contributed by atoms with Crippen LogP contribution in [0.1, 0.15) is 44.7 Å². The molecule has 1 aromatic rings. The van der Waals surface area contributed by atoms with Crippen LogP contribution in [0.25, 0.3) is 0 Å². The maximum atomic E-state index is 4.18. The minimum absolute atomic E-state index is 0.894. The molecule has 0 radical (unpaired) electrons. The predicted molar refractivity (Wildman–Crippen MR) is 70.7 cm³/mol. The fourth-order valence-corrected chi connectivity index (χ4v) is 2.82. The van der Waals surface area contributed by atoms with Crippen molar-refractivity contribution < 1.29 is 0 Å². The van der Waals surface area contributed by atoms with E-state index in [-0.39, 0.29) is 0 Å². The molecule has 1 heterocycles. The zero-order valence-corrected chi connectivity index (χ0v) is 11.2. The molecule has 1 N–H and O–H groups in total. The molecule has 1 saturated carbocycles. The minimum Gasteiger partial charge on any atom is -0.311 e. The van der Waals surface area contributed by atoms with Crippen molar-refractivity contribution in [1.29, 1.82) is 0 Å². The van der Waals surface area contributed by atoms with Crippen molar-refractivity contribution in [2.24, 2.45) is 18.9 Å². The van der Waals surface area contributed by atoms with Crippen LogP contribution in [0.2, 0.25) is 0 Å². The number of hydrogen-bond donors (Lipinski definition) is 1. The van der Waals surface area contributed by atoms with E-state index >= 15 is 0 Å². The summed E-state index contributed by atoms with van der Waals surface area (Å²) < 4.78 is 1.95. The van der Waals surface area contributed by atoms with Gasteiger partial charge in [0.05, 0.1) is 5.69 Å². The average molecular weight is 235 g/mol. The second kappa shape index (κ2) is 6.20. The minimum atomic E-state index is 0.894. The number of nitrogens with one attached hydrogen (secondary N) is 1. The smallest absolute Gasteiger partial charge is 0.0518 e. The predicted octanol–water partition coefficient (Wildman–Crippen LogP) is 2.73. The van der Waals surface area contributed by atoms with Crippen molar-refractivity contribution in [3.05, 3.63) is 18.0 Å². The molecule has 1 aliphatic carbocycles. The van der Waals surface area contributed by atoms with Crippen LogP contribution in [-0.2, 0) is 13.6 Å². The van der Waals surface area contributed by atoms with E-state index < -0.39 is 0 Å². The van der Waals surface area contributed by atoms with Crippen LogP contribution in [0.5, 0.6) is 0 Å². The number of aryl methyl sites for hydroxylation is 1. The zero-order chi connectivity index (χ0) is 12.1. The van der Waals surface area contributed by atoms with Crippen LogP contribution in [0, 0.1) is 11.8 Å². The molecule has 3 heteroatoms. The van der Waals surface area contributed by atoms with Crippen LogP contribution in [-0.4, -0.2) is 16.3 Å². The largest absolute Gasteiger partial charge is 0.311 e. The van der Waals surface area contributed by atoms with Crippen molar-refractivity contribution in [2.45, 2.75) is 45.6 Å². The number of rotatable bonds is 5. The van der Waals surface area contributed by atoms with Crippen LogP contribution in [0.15, 0.2) is 12.3 Å². The molecule has 0 atom stereocenters. The molecule has 96 valence electrons. The number of nitrogens with zero attached hydrogens (tertiary/aromatic N) is 2. The summed E-state index contributed by atoms with van der Waals surface area (Å²) >= 11 is 0. The van der Waals surface area contributed by atoms with E-state index in [1.165, 1.54) is 44.3 Å². The van der Waals surface area contributed by atoms with Gasteiger partial charge in [-0.15, -0.1) is 0 Å². The van der Waals surface area contributed by atoms with Gasteiger partial charge in [0.25, 0.3) is 0 Å². The third-order valence-electron chi connectivity index (χ3n) is 4.21. The first-order chi connectivity index (χ1) is 8.29. The van der Waals surface area contributed by atoms with Gasteiger partial charge in [0.1, 0.15) is 0 Å². The Morgan fingerprint density at radius 2 is 2.00 bits per heavy atom. The number of aromatic nitrogens is 2. The quantitative estimate of drug-likeness (QED) is 0.850. The Labute approximate surface area is 105 Å². The van der Waals surface area contributed by atoms with E-state index in [9.17, 15) is 0 Å². The highest BCUT2D eigenvalue weighted by Gasteiger charge is 2.19. The van der Waals surface area contributed by atoms with E-state index in [1.54, 1.807) is 0 Å². The molecule has 0 saturated heterocycles. The Kier molecular flexibility index (Phi) is 4.60. The van der Waals surface area contributed by atoms with Gasteiger partial charge in [0.15, 0.2) is 0 Å². The standard InChI is InChI=1S/C14H25N3/c1-3-12-4-6-13(7-5-12)10-15-11-14-8-9-16-17(14)2/h8-9,12-13,15H,3-7,10-11H2,1-2H3. The SMILES string of the molecule is CCC1CCC(CNCc2ccnn2C)CC1. The third kappa shape index (κ3) is 3.56. The lowest BCUT2D eigenvalue weighted by molar-refractivity contribution is 0.262. The van der Waals surface area contributed by atoms with Crippen LogP contribution < -0.4 is 5.32 Å². The van der Waals surface area contributed by atoms with E-state index in [1.807, 2.05) is 17.9 Å². The van der Waals surface area contributed by atoms with Crippen molar-refractivity contribution in [1.82, 2.24) is 15.1 Å². The second-order valence-corrected chi connectivity index (χ2v) is 5.37. The fourth-order valence-electron chi connectivity index (χ4n) is 2.82. The van der Waals surface area contributed by atoms with Gasteiger partial charge in [0, 0.05) is 19.8 Å². The van der Waals surface area contributed by atoms with Gasteiger partial charge in [-0.3, -0.25) is 4.68 Å². The maximum absolute atomic E-state index is 4.18. The Balaban J connectivity index is 1.65. The second-order valence-electron chi connectivity index (χ2n) is 5.37. The first-order valence-electron chi connectivity index (χ1n) is 6.97. The van der Waals surface area contributed by atoms with Gasteiger partial charge in [-0.2, -0.15) is 5.10 Å². The summed E-state index contributed by atoms with van der Waals surface area (Å²) in [5.41, 5.74) is 1.27. The molecule has 0 unspecified atom stereocenters. The van der Waals surface area contributed by atoms with Crippen molar-refractivity contribution in [2.75, 3.05) is 6.54 Å². The topological polar surface area (TPSA) is 29.9 Å². The van der Waals surface area contributed by atoms with Crippen molar-refractivity contribution in [3.63, 3.8) is 0 Å². The third-order valence-corrected chi connectivity index (χ3v) is 4.21. The highest BCUT2D eigenvalue weighted by atomic mass is 15.3. The lowest BCUT2D eigenvalue weighted by Gasteiger charge is -2.27. The van der Waals surface area contributed by atoms with Gasteiger partial charge in [-0.1, -0.05) is 26.2 Å². The van der Waals surface area contributed by atoms with Gasteiger partial charge in [0.2, 0.25) is 0 Å². The summed E-state index contributed by atoms with van der Waals surface area (Å²) in [6, 6.07) is 2.08. The Morgan fingerprint density at radius 3 is 2.59 bits per heavy atom. The van der Waals surface area contributed by atoms with E-state index in [4.69, 9.17) is 0 Å². The van der Waals surface area contributed by atoms with Gasteiger partial charge in [-0.05, 0) is 37.3 Å². The molecule has 17 heavy (non-hydrogen) atoms. The summed E-state index contributed by atoms with van der Waals surface area (Å²) in [5.74, 6) is 1.90. The molecule has 0 aromatic carbocycles. The van der Waals surface area contributed by atoms with E-state index in [0.717, 1.165) is 18.4 Å². The molecule has 0 amide bonds. The summed E-state index contributed by atoms with van der Waals surface area (Å²) in [7, 11) is 2.00. The summed E-state index contributed by atoms with van der Waals surface area (Å²) in [5, 5.41) is 7.75. The molecule has 1 aromatic heterocycles. The van der Waals surface area contributed by atoms with Crippen molar-refractivity contribution in [3.8, 4) is 0 Å². The Bertz CT molecular complexity index is 324. The van der Waals surface area contributed by atoms with Gasteiger partial charge >= 0.3 is 0 Å². The van der Waals surface area contributed by atoms with E-state index in [2.05, 4.69) is 23.4 Å². The molecular formula is C14H25N3. The lowest BCUT2D eigenvalue weighted by Crippen LogP contribution is -2.26. The normalized spacial score (nSPS) is 25.1. The number of hydrogen-bond acceptors (Lipinski definition) is 2. The Hall–Kier alpha value is -0.830. The molecule has 0 aliphatic heterocycles. The van der Waals surface area contributed by atoms with Crippen molar-refractivity contribution >= 4 is 0 Å². The lowest BCUT2D eigenvalue weighted by atomic mass is 9.81. The van der Waals surface area contributed by atoms with Gasteiger partial charge in [-0.25, -0.2) is 0 Å². The molecule has 0 bridgehead atoms. The van der Waals surface area contributed by atoms with Crippen LogP contribution in [0.4, 0.5) is 0 Å². The Morgan fingerprint density at radius 1 is 1.29 bits per heavy atom. The summed E-state index contributed by atoms with van der Waals surface area (Å²) in [4.78, 5) is 0. The molecule has 1 aliphatic rings. The van der Waals surface area contributed by atoms with Crippen LogP contribution >= 0.6 is 0 Å².